The van der Waals surface area contributed by atoms with Crippen molar-refractivity contribution in [3.63, 3.8) is 0 Å². The maximum absolute atomic E-state index is 11.4. The van der Waals surface area contributed by atoms with Crippen LogP contribution in [0.4, 0.5) is 0 Å². The zero-order valence-electron chi connectivity index (χ0n) is 9.66. The molecule has 1 fully saturated rings. The van der Waals surface area contributed by atoms with Crippen LogP contribution >= 0.6 is 0 Å². The van der Waals surface area contributed by atoms with Gasteiger partial charge in [0.05, 0.1) is 6.54 Å². The number of hydrogen-bond acceptors (Lipinski definition) is 4. The van der Waals surface area contributed by atoms with E-state index in [0.29, 0.717) is 19.6 Å². The van der Waals surface area contributed by atoms with Crippen molar-refractivity contribution in [3.05, 3.63) is 0 Å². The van der Waals surface area contributed by atoms with Crippen LogP contribution in [-0.2, 0) is 9.59 Å². The SMILES string of the molecule is CC(=O)NCCNC(=O)CN1CC[C@H](N)C1. The zero-order chi connectivity index (χ0) is 12.0. The quantitative estimate of drug-likeness (QED) is 0.488. The van der Waals surface area contributed by atoms with E-state index in [1.54, 1.807) is 0 Å². The summed E-state index contributed by atoms with van der Waals surface area (Å²) in [6, 6.07) is 0.201. The van der Waals surface area contributed by atoms with Gasteiger partial charge in [-0.2, -0.15) is 0 Å². The Kier molecular flexibility index (Phi) is 5.21. The van der Waals surface area contributed by atoms with Gasteiger partial charge in [0, 0.05) is 39.1 Å². The van der Waals surface area contributed by atoms with E-state index < -0.39 is 0 Å². The third kappa shape index (κ3) is 5.09. The first-order valence-electron chi connectivity index (χ1n) is 5.57. The molecule has 4 N–H and O–H groups in total. The van der Waals surface area contributed by atoms with E-state index >= 15 is 0 Å². The Balaban J connectivity index is 2.05. The molecule has 0 bridgehead atoms. The molecule has 1 saturated heterocycles. The summed E-state index contributed by atoms with van der Waals surface area (Å²) in [4.78, 5) is 24.0. The summed E-state index contributed by atoms with van der Waals surface area (Å²) in [5.74, 6) is -0.0979. The number of nitrogens with one attached hydrogen (secondary N) is 2. The standard InChI is InChI=1S/C10H20N4O2/c1-8(15)12-3-4-13-10(16)7-14-5-2-9(11)6-14/h9H,2-7,11H2,1H3,(H,12,15)(H,13,16)/t9-/m0/s1. The van der Waals surface area contributed by atoms with E-state index in [-0.39, 0.29) is 17.9 Å². The Morgan fingerprint density at radius 1 is 1.38 bits per heavy atom. The number of hydrogen-bond donors (Lipinski definition) is 3. The fourth-order valence-electron chi connectivity index (χ4n) is 1.71. The molecule has 1 rings (SSSR count). The van der Waals surface area contributed by atoms with Crippen LogP contribution in [0.3, 0.4) is 0 Å². The predicted molar refractivity (Wildman–Crippen MR) is 60.7 cm³/mol. The van der Waals surface area contributed by atoms with Gasteiger partial charge < -0.3 is 16.4 Å². The average molecular weight is 228 g/mol. The molecule has 92 valence electrons. The number of likely N-dealkylation sites (tertiary alicyclic amines) is 1. The van der Waals surface area contributed by atoms with Crippen LogP contribution < -0.4 is 16.4 Å². The van der Waals surface area contributed by atoms with Crippen LogP contribution in [-0.4, -0.2) is 55.5 Å². The van der Waals surface area contributed by atoms with Crippen molar-refractivity contribution >= 4 is 11.8 Å². The maximum Gasteiger partial charge on any atom is 0.234 e. The van der Waals surface area contributed by atoms with Crippen LogP contribution in [0.25, 0.3) is 0 Å². The third-order valence-electron chi connectivity index (χ3n) is 2.50. The van der Waals surface area contributed by atoms with E-state index in [1.165, 1.54) is 6.92 Å². The van der Waals surface area contributed by atoms with Crippen LogP contribution in [0.1, 0.15) is 13.3 Å². The molecule has 0 aromatic carbocycles. The van der Waals surface area contributed by atoms with Gasteiger partial charge in [-0.15, -0.1) is 0 Å². The van der Waals surface area contributed by atoms with Crippen molar-refractivity contribution in [1.29, 1.82) is 0 Å². The lowest BCUT2D eigenvalue weighted by Crippen LogP contribution is -2.40. The fraction of sp³-hybridized carbons (Fsp3) is 0.800. The molecule has 1 heterocycles. The van der Waals surface area contributed by atoms with E-state index in [4.69, 9.17) is 5.73 Å². The first kappa shape index (κ1) is 12.9. The number of amides is 2. The van der Waals surface area contributed by atoms with E-state index in [0.717, 1.165) is 19.5 Å². The highest BCUT2D eigenvalue weighted by Crippen LogP contribution is 2.05. The van der Waals surface area contributed by atoms with Crippen LogP contribution in [0.2, 0.25) is 0 Å². The topological polar surface area (TPSA) is 87.5 Å². The summed E-state index contributed by atoms with van der Waals surface area (Å²) in [6.07, 6.45) is 0.958. The van der Waals surface area contributed by atoms with E-state index in [1.807, 2.05) is 4.90 Å². The Bertz CT molecular complexity index is 257. The lowest BCUT2D eigenvalue weighted by molar-refractivity contribution is -0.122. The average Bonchev–Trinajstić information content (AvgIpc) is 2.58. The van der Waals surface area contributed by atoms with E-state index in [9.17, 15) is 9.59 Å². The van der Waals surface area contributed by atoms with Crippen LogP contribution in [0, 0.1) is 0 Å². The molecule has 2 amide bonds. The van der Waals surface area contributed by atoms with Gasteiger partial charge in [0.15, 0.2) is 0 Å². The second-order valence-electron chi connectivity index (χ2n) is 4.12. The largest absolute Gasteiger partial charge is 0.355 e. The minimum absolute atomic E-state index is 0.0144. The molecule has 0 radical (unpaired) electrons. The van der Waals surface area contributed by atoms with Crippen molar-refractivity contribution in [3.8, 4) is 0 Å². The van der Waals surface area contributed by atoms with Gasteiger partial charge in [-0.1, -0.05) is 0 Å². The number of carbonyl (C=O) groups is 2. The predicted octanol–water partition coefficient (Wildman–Crippen LogP) is -1.73. The molecule has 0 aromatic heterocycles. The van der Waals surface area contributed by atoms with Gasteiger partial charge in [-0.3, -0.25) is 14.5 Å². The summed E-state index contributed by atoms with van der Waals surface area (Å²) in [5.41, 5.74) is 5.73. The molecule has 16 heavy (non-hydrogen) atoms. The molecule has 6 nitrogen and oxygen atoms in total. The van der Waals surface area contributed by atoms with Gasteiger partial charge in [-0.05, 0) is 6.42 Å². The third-order valence-corrected chi connectivity index (χ3v) is 2.50. The van der Waals surface area contributed by atoms with Gasteiger partial charge in [0.2, 0.25) is 11.8 Å². The van der Waals surface area contributed by atoms with Gasteiger partial charge >= 0.3 is 0 Å². The molecule has 0 spiro atoms. The Hall–Kier alpha value is -1.14. The van der Waals surface area contributed by atoms with Crippen LogP contribution in [0.15, 0.2) is 0 Å². The molecule has 0 saturated carbocycles. The summed E-state index contributed by atoms with van der Waals surface area (Å²) < 4.78 is 0. The Morgan fingerprint density at radius 3 is 2.62 bits per heavy atom. The fourth-order valence-corrected chi connectivity index (χ4v) is 1.71. The van der Waals surface area contributed by atoms with Crippen molar-refractivity contribution < 1.29 is 9.59 Å². The number of carbonyl (C=O) groups excluding carboxylic acids is 2. The smallest absolute Gasteiger partial charge is 0.234 e. The molecule has 0 aromatic rings. The summed E-state index contributed by atoms with van der Waals surface area (Å²) in [7, 11) is 0. The maximum atomic E-state index is 11.4. The van der Waals surface area contributed by atoms with Gasteiger partial charge in [0.25, 0.3) is 0 Å². The molecular formula is C10H20N4O2. The molecule has 1 aliphatic rings. The lowest BCUT2D eigenvalue weighted by Gasteiger charge is -2.14. The molecule has 1 aliphatic heterocycles. The number of nitrogens with zero attached hydrogens (tertiary/aromatic N) is 1. The molecule has 1 atom stereocenters. The highest BCUT2D eigenvalue weighted by Gasteiger charge is 2.20. The minimum Gasteiger partial charge on any atom is -0.355 e. The second kappa shape index (κ2) is 6.44. The molecular weight excluding hydrogens is 208 g/mol. The van der Waals surface area contributed by atoms with Gasteiger partial charge in [-0.25, -0.2) is 0 Å². The Labute approximate surface area is 95.5 Å². The summed E-state index contributed by atoms with van der Waals surface area (Å²) >= 11 is 0. The molecule has 6 heteroatoms. The Morgan fingerprint density at radius 2 is 2.06 bits per heavy atom. The zero-order valence-corrected chi connectivity index (χ0v) is 9.66. The summed E-state index contributed by atoms with van der Waals surface area (Å²) in [6.45, 7) is 4.47. The summed E-state index contributed by atoms with van der Waals surface area (Å²) in [5, 5.41) is 5.36. The normalized spacial score (nSPS) is 20.8. The highest BCUT2D eigenvalue weighted by molar-refractivity contribution is 5.78. The number of rotatable bonds is 5. The van der Waals surface area contributed by atoms with Crippen molar-refractivity contribution in [1.82, 2.24) is 15.5 Å². The lowest BCUT2D eigenvalue weighted by atomic mass is 10.3. The number of nitrogens with two attached hydrogens (primary N) is 1. The first-order chi connectivity index (χ1) is 7.58. The highest BCUT2D eigenvalue weighted by atomic mass is 16.2. The van der Waals surface area contributed by atoms with Crippen molar-refractivity contribution in [2.75, 3.05) is 32.7 Å². The first-order valence-corrected chi connectivity index (χ1v) is 5.57. The monoisotopic (exact) mass is 228 g/mol. The molecule has 0 aliphatic carbocycles. The van der Waals surface area contributed by atoms with Gasteiger partial charge in [0.1, 0.15) is 0 Å². The molecule has 0 unspecified atom stereocenters. The van der Waals surface area contributed by atoms with Crippen LogP contribution in [0.5, 0.6) is 0 Å². The van der Waals surface area contributed by atoms with E-state index in [2.05, 4.69) is 10.6 Å². The minimum atomic E-state index is -0.0836. The van der Waals surface area contributed by atoms with Crippen molar-refractivity contribution in [2.24, 2.45) is 5.73 Å². The second-order valence-corrected chi connectivity index (χ2v) is 4.12. The van der Waals surface area contributed by atoms with Crippen molar-refractivity contribution in [2.45, 2.75) is 19.4 Å².